The van der Waals surface area contributed by atoms with Crippen molar-refractivity contribution in [1.82, 2.24) is 14.7 Å². The number of benzene rings is 3. The van der Waals surface area contributed by atoms with E-state index < -0.39 is 18.1 Å². The lowest BCUT2D eigenvalue weighted by Gasteiger charge is -2.23. The average Bonchev–Trinajstić information content (AvgIpc) is 3.41. The van der Waals surface area contributed by atoms with Crippen LogP contribution in [0.4, 0.5) is 14.5 Å². The highest BCUT2D eigenvalue weighted by atomic mass is 79.9. The van der Waals surface area contributed by atoms with Crippen LogP contribution >= 0.6 is 15.9 Å². The van der Waals surface area contributed by atoms with Crippen LogP contribution in [-0.4, -0.2) is 33.2 Å². The van der Waals surface area contributed by atoms with Gasteiger partial charge in [-0.05, 0) is 79.6 Å². The smallest absolute Gasteiger partial charge is 0.253 e. The monoisotopic (exact) mass is 552 g/mol. The highest BCUT2D eigenvalue weighted by Crippen LogP contribution is 2.37. The number of hydrogen-bond acceptors (Lipinski definition) is 4. The molecule has 0 aliphatic carbocycles. The summed E-state index contributed by atoms with van der Waals surface area (Å²) in [5.41, 5.74) is 9.17. The molecule has 9 heteroatoms. The van der Waals surface area contributed by atoms with E-state index >= 15 is 0 Å². The fourth-order valence-corrected chi connectivity index (χ4v) is 4.54. The molecule has 3 aromatic carbocycles. The van der Waals surface area contributed by atoms with Gasteiger partial charge in [0.05, 0.1) is 5.69 Å². The van der Waals surface area contributed by atoms with Gasteiger partial charge in [0.15, 0.2) is 6.23 Å². The van der Waals surface area contributed by atoms with Crippen molar-refractivity contribution in [3.8, 4) is 16.9 Å². The number of anilines is 1. The number of halogens is 3. The topological polar surface area (TPSA) is 73.4 Å². The SMILES string of the molecule is C[C@H]1O[C@@H](c2cn(-c3ccc(Br)cc3)nc2-c2ccc(F)cc2)N(CCc2ccc(N)cc2F)C1=O. The van der Waals surface area contributed by atoms with Crippen LogP contribution in [0, 0.1) is 11.6 Å². The molecule has 0 unspecified atom stereocenters. The van der Waals surface area contributed by atoms with Gasteiger partial charge in [-0.3, -0.25) is 4.79 Å². The fourth-order valence-electron chi connectivity index (χ4n) is 4.28. The van der Waals surface area contributed by atoms with E-state index in [2.05, 4.69) is 15.9 Å². The van der Waals surface area contributed by atoms with Crippen LogP contribution in [0.25, 0.3) is 16.9 Å². The van der Waals surface area contributed by atoms with Gasteiger partial charge in [0.1, 0.15) is 23.4 Å². The molecule has 36 heavy (non-hydrogen) atoms. The molecule has 5 rings (SSSR count). The number of nitrogens with zero attached hydrogens (tertiary/aromatic N) is 3. The number of ether oxygens (including phenoxy) is 1. The van der Waals surface area contributed by atoms with Gasteiger partial charge in [0, 0.05) is 34.0 Å². The zero-order valence-corrected chi connectivity index (χ0v) is 21.0. The second kappa shape index (κ2) is 9.83. The maximum Gasteiger partial charge on any atom is 0.253 e. The molecule has 0 saturated carbocycles. The van der Waals surface area contributed by atoms with Gasteiger partial charge < -0.3 is 15.4 Å². The molecule has 1 fully saturated rings. The first kappa shape index (κ1) is 24.1. The lowest BCUT2D eigenvalue weighted by Crippen LogP contribution is -2.32. The molecular formula is C27H23BrF2N4O2. The molecule has 2 N–H and O–H groups in total. The Bertz CT molecular complexity index is 1410. The molecule has 184 valence electrons. The first-order chi connectivity index (χ1) is 17.3. The fraction of sp³-hybridized carbons (Fsp3) is 0.185. The van der Waals surface area contributed by atoms with Crippen LogP contribution in [0.2, 0.25) is 0 Å². The number of aromatic nitrogens is 2. The molecule has 0 spiro atoms. The summed E-state index contributed by atoms with van der Waals surface area (Å²) < 4.78 is 36.8. The van der Waals surface area contributed by atoms with Gasteiger partial charge in [-0.15, -0.1) is 0 Å². The zero-order valence-electron chi connectivity index (χ0n) is 19.4. The highest BCUT2D eigenvalue weighted by Gasteiger charge is 2.40. The van der Waals surface area contributed by atoms with E-state index in [1.807, 2.05) is 30.5 Å². The number of carbonyl (C=O) groups is 1. The highest BCUT2D eigenvalue weighted by molar-refractivity contribution is 9.10. The Kier molecular flexibility index (Phi) is 6.59. The maximum atomic E-state index is 14.4. The van der Waals surface area contributed by atoms with Crippen LogP contribution in [0.5, 0.6) is 0 Å². The van der Waals surface area contributed by atoms with Gasteiger partial charge in [-0.1, -0.05) is 22.0 Å². The van der Waals surface area contributed by atoms with Gasteiger partial charge in [0.2, 0.25) is 0 Å². The largest absolute Gasteiger partial charge is 0.399 e. The Morgan fingerprint density at radius 1 is 1.06 bits per heavy atom. The lowest BCUT2D eigenvalue weighted by atomic mass is 10.1. The second-order valence-electron chi connectivity index (χ2n) is 8.62. The van der Waals surface area contributed by atoms with Gasteiger partial charge >= 0.3 is 0 Å². The maximum absolute atomic E-state index is 14.4. The third-order valence-corrected chi connectivity index (χ3v) is 6.69. The van der Waals surface area contributed by atoms with E-state index in [-0.39, 0.29) is 24.7 Å². The predicted octanol–water partition coefficient (Wildman–Crippen LogP) is 5.65. The first-order valence-electron chi connectivity index (χ1n) is 11.4. The summed E-state index contributed by atoms with van der Waals surface area (Å²) >= 11 is 3.44. The summed E-state index contributed by atoms with van der Waals surface area (Å²) in [5, 5.41) is 4.77. The molecule has 2 heterocycles. The van der Waals surface area contributed by atoms with E-state index in [0.717, 1.165) is 10.2 Å². The molecule has 1 saturated heterocycles. The van der Waals surface area contributed by atoms with Crippen LogP contribution in [-0.2, 0) is 16.0 Å². The summed E-state index contributed by atoms with van der Waals surface area (Å²) in [6.07, 6.45) is 0.684. The van der Waals surface area contributed by atoms with Crippen molar-refractivity contribution in [2.75, 3.05) is 12.3 Å². The quantitative estimate of drug-likeness (QED) is 0.313. The second-order valence-corrected chi connectivity index (χ2v) is 9.54. The summed E-state index contributed by atoms with van der Waals surface area (Å²) in [6, 6.07) is 18.1. The van der Waals surface area contributed by atoms with Crippen molar-refractivity contribution in [3.05, 3.63) is 100 Å². The van der Waals surface area contributed by atoms with Crippen molar-refractivity contribution in [2.45, 2.75) is 25.7 Å². The number of nitrogens with two attached hydrogens (primary N) is 1. The standard InChI is InChI=1S/C27H23BrF2N4O2/c1-16-26(35)33(13-12-17-4-9-21(31)14-24(17)30)27(36-16)23-15-34(22-10-5-19(28)6-11-22)32-25(23)18-2-7-20(29)8-3-18/h2-11,14-16,27H,12-13,31H2,1H3/t16-,27+/m1/s1. The summed E-state index contributed by atoms with van der Waals surface area (Å²) in [5.74, 6) is -0.972. The third kappa shape index (κ3) is 4.76. The molecule has 1 amide bonds. The van der Waals surface area contributed by atoms with Gasteiger partial charge in [-0.2, -0.15) is 5.10 Å². The average molecular weight is 553 g/mol. The molecule has 6 nitrogen and oxygen atoms in total. The van der Waals surface area contributed by atoms with Crippen molar-refractivity contribution in [3.63, 3.8) is 0 Å². The molecule has 1 aliphatic rings. The third-order valence-electron chi connectivity index (χ3n) is 6.16. The van der Waals surface area contributed by atoms with Crippen molar-refractivity contribution >= 4 is 27.5 Å². The summed E-state index contributed by atoms with van der Waals surface area (Å²) in [7, 11) is 0. The Labute approximate surface area is 215 Å². The van der Waals surface area contributed by atoms with E-state index in [1.54, 1.807) is 40.8 Å². The predicted molar refractivity (Wildman–Crippen MR) is 136 cm³/mol. The zero-order chi connectivity index (χ0) is 25.4. The Morgan fingerprint density at radius 3 is 2.47 bits per heavy atom. The molecule has 0 radical (unpaired) electrons. The van der Waals surface area contributed by atoms with E-state index in [4.69, 9.17) is 15.6 Å². The van der Waals surface area contributed by atoms with Crippen LogP contribution in [0.1, 0.15) is 24.3 Å². The molecule has 4 aromatic rings. The van der Waals surface area contributed by atoms with E-state index in [1.165, 1.54) is 18.2 Å². The molecule has 2 atom stereocenters. The lowest BCUT2D eigenvalue weighted by molar-refractivity contribution is -0.130. The van der Waals surface area contributed by atoms with Crippen molar-refractivity contribution in [2.24, 2.45) is 0 Å². The molecule has 1 aromatic heterocycles. The van der Waals surface area contributed by atoms with Crippen molar-refractivity contribution < 1.29 is 18.3 Å². The Balaban J connectivity index is 1.53. The molecular weight excluding hydrogens is 530 g/mol. The van der Waals surface area contributed by atoms with Crippen LogP contribution in [0.15, 0.2) is 77.4 Å². The first-order valence-corrected chi connectivity index (χ1v) is 12.2. The van der Waals surface area contributed by atoms with Gasteiger partial charge in [-0.25, -0.2) is 13.5 Å². The molecule has 1 aliphatic heterocycles. The van der Waals surface area contributed by atoms with E-state index in [0.29, 0.717) is 28.1 Å². The van der Waals surface area contributed by atoms with E-state index in [9.17, 15) is 13.6 Å². The summed E-state index contributed by atoms with van der Waals surface area (Å²) in [4.78, 5) is 14.7. The number of rotatable bonds is 6. The van der Waals surface area contributed by atoms with Gasteiger partial charge in [0.25, 0.3) is 5.91 Å². The Hall–Kier alpha value is -3.56. The Morgan fingerprint density at radius 2 is 1.78 bits per heavy atom. The molecule has 0 bridgehead atoms. The number of nitrogen functional groups attached to an aromatic ring is 1. The number of carbonyl (C=O) groups excluding carboxylic acids is 1. The van der Waals surface area contributed by atoms with Crippen LogP contribution < -0.4 is 5.73 Å². The number of amides is 1. The minimum Gasteiger partial charge on any atom is -0.399 e. The van der Waals surface area contributed by atoms with Crippen LogP contribution in [0.3, 0.4) is 0 Å². The minimum atomic E-state index is -0.742. The summed E-state index contributed by atoms with van der Waals surface area (Å²) in [6.45, 7) is 1.93. The normalized spacial score (nSPS) is 17.7. The van der Waals surface area contributed by atoms with Crippen molar-refractivity contribution in [1.29, 1.82) is 0 Å². The number of hydrogen-bond donors (Lipinski definition) is 1. The minimum absolute atomic E-state index is 0.197.